The number of benzene rings is 2. The zero-order valence-electron chi connectivity index (χ0n) is 20.7. The van der Waals surface area contributed by atoms with E-state index in [-0.39, 0.29) is 23.1 Å². The minimum Gasteiger partial charge on any atom is -0.357 e. The molecule has 0 radical (unpaired) electrons. The highest BCUT2D eigenvalue weighted by atomic mass is 32.3. The van der Waals surface area contributed by atoms with Gasteiger partial charge in [0.1, 0.15) is 5.65 Å². The third kappa shape index (κ3) is 3.90. The van der Waals surface area contributed by atoms with E-state index in [0.717, 1.165) is 53.0 Å². The second-order valence-corrected chi connectivity index (χ2v) is 11.0. The molecule has 1 aliphatic rings. The van der Waals surface area contributed by atoms with Crippen molar-refractivity contribution in [2.75, 3.05) is 0 Å². The van der Waals surface area contributed by atoms with Gasteiger partial charge in [-0.3, -0.25) is 9.78 Å². The normalized spacial score (nSPS) is 14.3. The number of hydrogen-bond donors (Lipinski definition) is 1. The summed E-state index contributed by atoms with van der Waals surface area (Å²) in [5.74, 6) is -0.229. The van der Waals surface area contributed by atoms with E-state index in [1.807, 2.05) is 32.0 Å². The first-order valence-electron chi connectivity index (χ1n) is 12.3. The average Bonchev–Trinajstić information content (AvgIpc) is 3.22. The second kappa shape index (κ2) is 8.67. The van der Waals surface area contributed by atoms with Crippen molar-refractivity contribution in [3.8, 4) is 22.9 Å². The molecule has 0 unspecified atom stereocenters. The molecular formula is C28H23FN4O4S. The van der Waals surface area contributed by atoms with E-state index >= 15 is 0 Å². The van der Waals surface area contributed by atoms with E-state index < -0.39 is 10.5 Å². The molecular weight excluding hydrogens is 507 g/mol. The first kappa shape index (κ1) is 24.1. The molecule has 1 saturated carbocycles. The van der Waals surface area contributed by atoms with Crippen LogP contribution < -0.4 is 9.61 Å². The summed E-state index contributed by atoms with van der Waals surface area (Å²) in [5, 5.41) is 11.3. The van der Waals surface area contributed by atoms with Gasteiger partial charge in [-0.05, 0) is 66.6 Å². The van der Waals surface area contributed by atoms with Crippen LogP contribution >= 0.6 is 0 Å². The van der Waals surface area contributed by atoms with E-state index in [4.69, 9.17) is 0 Å². The molecule has 0 amide bonds. The van der Waals surface area contributed by atoms with Gasteiger partial charge in [-0.15, -0.1) is 0 Å². The number of halogens is 1. The molecule has 0 bridgehead atoms. The van der Waals surface area contributed by atoms with Crippen molar-refractivity contribution < 1.29 is 16.5 Å². The summed E-state index contributed by atoms with van der Waals surface area (Å²) in [6.45, 7) is 4.01. The monoisotopic (exact) mass is 530 g/mol. The minimum absolute atomic E-state index is 0.0114. The van der Waals surface area contributed by atoms with Crippen LogP contribution in [0.1, 0.15) is 56.2 Å². The number of nitrogens with zero attached hydrogens (tertiary/aromatic N) is 3. The molecule has 5 aromatic rings. The summed E-state index contributed by atoms with van der Waals surface area (Å²) >= 11 is 0. The summed E-state index contributed by atoms with van der Waals surface area (Å²) in [7, 11) is -5.21. The van der Waals surface area contributed by atoms with E-state index in [0.29, 0.717) is 27.5 Å². The predicted octanol–water partition coefficient (Wildman–Crippen LogP) is 6.01. The number of nitrogens with one attached hydrogen (secondary N) is 1. The van der Waals surface area contributed by atoms with Crippen LogP contribution in [0.4, 0.5) is 3.89 Å². The lowest BCUT2D eigenvalue weighted by Gasteiger charge is -2.31. The SMILES string of the molecule is CC(C)c1cc2c(=O)c3c4ccc(C#N)cc4[nH]c3n(C3CCC3)c2cc1-c1cncc(OS(=O)(=O)F)c1. The Morgan fingerprint density at radius 2 is 1.95 bits per heavy atom. The number of rotatable bonds is 5. The Hall–Kier alpha value is -4.23. The van der Waals surface area contributed by atoms with Crippen LogP contribution in [0, 0.1) is 11.3 Å². The maximum atomic E-state index is 14.0. The lowest BCUT2D eigenvalue weighted by Crippen LogP contribution is -2.21. The van der Waals surface area contributed by atoms with Gasteiger partial charge in [0.15, 0.2) is 11.2 Å². The Morgan fingerprint density at radius 1 is 1.16 bits per heavy atom. The first-order chi connectivity index (χ1) is 18.1. The van der Waals surface area contributed by atoms with E-state index in [1.165, 1.54) is 6.07 Å². The van der Waals surface area contributed by atoms with Gasteiger partial charge in [0.25, 0.3) is 0 Å². The molecule has 2 aromatic carbocycles. The van der Waals surface area contributed by atoms with Gasteiger partial charge in [-0.2, -0.15) is 13.7 Å². The molecule has 0 atom stereocenters. The number of hydrogen-bond acceptors (Lipinski definition) is 6. The summed E-state index contributed by atoms with van der Waals surface area (Å²) in [4.78, 5) is 21.5. The Kier molecular flexibility index (Phi) is 5.50. The van der Waals surface area contributed by atoms with Gasteiger partial charge < -0.3 is 13.7 Å². The Balaban J connectivity index is 1.70. The minimum atomic E-state index is -5.21. The molecule has 1 fully saturated rings. The van der Waals surface area contributed by atoms with Crippen molar-refractivity contribution in [2.45, 2.75) is 45.1 Å². The second-order valence-electron chi connectivity index (χ2n) is 10.0. The molecule has 6 rings (SSSR count). The van der Waals surface area contributed by atoms with Crippen LogP contribution in [0.15, 0.2) is 53.6 Å². The largest absolute Gasteiger partial charge is 0.488 e. The molecule has 8 nitrogen and oxygen atoms in total. The summed E-state index contributed by atoms with van der Waals surface area (Å²) < 4.78 is 41.9. The highest BCUT2D eigenvalue weighted by Gasteiger charge is 2.27. The van der Waals surface area contributed by atoms with Gasteiger partial charge in [0, 0.05) is 34.1 Å². The van der Waals surface area contributed by atoms with Crippen LogP contribution in [0.3, 0.4) is 0 Å². The number of nitriles is 1. The molecule has 1 aliphatic carbocycles. The highest BCUT2D eigenvalue weighted by Crippen LogP contribution is 2.40. The highest BCUT2D eigenvalue weighted by molar-refractivity contribution is 7.81. The van der Waals surface area contributed by atoms with Gasteiger partial charge in [0.05, 0.1) is 28.7 Å². The Morgan fingerprint density at radius 3 is 2.61 bits per heavy atom. The molecule has 1 N–H and O–H groups in total. The molecule has 0 saturated heterocycles. The van der Waals surface area contributed by atoms with Crippen molar-refractivity contribution >= 4 is 43.3 Å². The standard InChI is InChI=1S/C28H23FN4O4S/c1-15(2)21-10-23-25(11-22(21)17-9-19(14-31-13-17)37-38(29,35)36)33(18-4-3-5-18)28-26(27(23)34)20-7-6-16(12-30)8-24(20)32-28/h6-11,13-15,18,32H,3-5H2,1-2H3. The van der Waals surface area contributed by atoms with Crippen LogP contribution in [-0.4, -0.2) is 23.0 Å². The third-order valence-electron chi connectivity index (χ3n) is 7.33. The Labute approximate surface area is 217 Å². The quantitative estimate of drug-likeness (QED) is 0.278. The maximum Gasteiger partial charge on any atom is 0.488 e. The smallest absolute Gasteiger partial charge is 0.357 e. The molecule has 3 aromatic heterocycles. The van der Waals surface area contributed by atoms with Crippen molar-refractivity contribution in [1.82, 2.24) is 14.5 Å². The number of aromatic amines is 1. The third-order valence-corrected chi connectivity index (χ3v) is 7.72. The molecule has 0 spiro atoms. The topological polar surface area (TPSA) is 118 Å². The first-order valence-corrected chi connectivity index (χ1v) is 13.6. The van der Waals surface area contributed by atoms with Crippen molar-refractivity contribution in [2.24, 2.45) is 0 Å². The van der Waals surface area contributed by atoms with E-state index in [9.17, 15) is 22.4 Å². The molecule has 38 heavy (non-hydrogen) atoms. The van der Waals surface area contributed by atoms with Crippen LogP contribution in [0.25, 0.3) is 44.0 Å². The zero-order valence-corrected chi connectivity index (χ0v) is 21.5. The number of pyridine rings is 2. The molecule has 0 aliphatic heterocycles. The fourth-order valence-corrected chi connectivity index (χ4v) is 5.70. The maximum absolute atomic E-state index is 14.0. The lowest BCUT2D eigenvalue weighted by molar-refractivity contribution is 0.327. The molecule has 3 heterocycles. The molecule has 192 valence electrons. The Bertz CT molecular complexity index is 1980. The number of H-pyrrole nitrogens is 1. The summed E-state index contributed by atoms with van der Waals surface area (Å²) in [6.07, 6.45) is 5.70. The van der Waals surface area contributed by atoms with Gasteiger partial charge in [-0.25, -0.2) is 0 Å². The summed E-state index contributed by atoms with van der Waals surface area (Å²) in [6, 6.07) is 12.9. The van der Waals surface area contributed by atoms with Gasteiger partial charge >= 0.3 is 10.5 Å². The van der Waals surface area contributed by atoms with E-state index in [1.54, 1.807) is 18.3 Å². The predicted molar refractivity (Wildman–Crippen MR) is 143 cm³/mol. The van der Waals surface area contributed by atoms with Gasteiger partial charge in [0.2, 0.25) is 0 Å². The zero-order chi connectivity index (χ0) is 26.8. The lowest BCUT2D eigenvalue weighted by atomic mass is 9.89. The van der Waals surface area contributed by atoms with Crippen LogP contribution in [-0.2, 0) is 10.5 Å². The van der Waals surface area contributed by atoms with Gasteiger partial charge in [-0.1, -0.05) is 23.8 Å². The van der Waals surface area contributed by atoms with Crippen LogP contribution in [0.2, 0.25) is 0 Å². The van der Waals surface area contributed by atoms with Crippen LogP contribution in [0.5, 0.6) is 5.75 Å². The molecule has 10 heteroatoms. The van der Waals surface area contributed by atoms with Crippen molar-refractivity contribution in [1.29, 1.82) is 5.26 Å². The van der Waals surface area contributed by atoms with E-state index in [2.05, 4.69) is 24.8 Å². The number of fused-ring (bicyclic) bond motifs is 4. The fraction of sp³-hybridized carbons (Fsp3) is 0.250. The van der Waals surface area contributed by atoms with Crippen molar-refractivity contribution in [3.63, 3.8) is 0 Å². The average molecular weight is 531 g/mol. The number of aromatic nitrogens is 3. The van der Waals surface area contributed by atoms with Crippen molar-refractivity contribution in [3.05, 3.63) is 70.1 Å². The fourth-order valence-electron chi connectivity index (χ4n) is 5.38. The summed E-state index contributed by atoms with van der Waals surface area (Å²) in [5.41, 5.74) is 4.73.